The fourth-order valence-electron chi connectivity index (χ4n) is 4.15. The van der Waals surface area contributed by atoms with Crippen molar-refractivity contribution in [3.05, 3.63) is 0 Å². The fourth-order valence-corrected chi connectivity index (χ4v) is 4.15. The first-order chi connectivity index (χ1) is 11.5. The quantitative estimate of drug-likeness (QED) is 0.613. The lowest BCUT2D eigenvalue weighted by Gasteiger charge is -2.36. The number of hydrogen-bond acceptors (Lipinski definition) is 2. The maximum absolute atomic E-state index is 2.65. The highest BCUT2D eigenvalue weighted by molar-refractivity contribution is 4.77. The van der Waals surface area contributed by atoms with Crippen molar-refractivity contribution in [1.29, 1.82) is 0 Å². The van der Waals surface area contributed by atoms with Crippen molar-refractivity contribution in [2.24, 2.45) is 11.8 Å². The molecule has 24 heavy (non-hydrogen) atoms. The van der Waals surface area contributed by atoms with Crippen LogP contribution in [0.25, 0.3) is 0 Å². The van der Waals surface area contributed by atoms with Crippen LogP contribution in [0.5, 0.6) is 0 Å². The molecular weight excluding hydrogens is 292 g/mol. The monoisotopic (exact) mass is 340 g/mol. The first kappa shape index (κ1) is 23.9. The lowest BCUT2D eigenvalue weighted by molar-refractivity contribution is 0.128. The van der Waals surface area contributed by atoms with Crippen molar-refractivity contribution in [3.8, 4) is 0 Å². The van der Waals surface area contributed by atoms with Gasteiger partial charge in [0.05, 0.1) is 0 Å². The molecule has 2 heteroatoms. The predicted molar refractivity (Wildman–Crippen MR) is 111 cm³/mol. The average Bonchev–Trinajstić information content (AvgIpc) is 2.59. The van der Waals surface area contributed by atoms with Crippen LogP contribution in [-0.4, -0.2) is 48.6 Å². The Labute approximate surface area is 154 Å². The van der Waals surface area contributed by atoms with Crippen LogP contribution in [0.15, 0.2) is 0 Å². The number of hydrogen-bond donors (Lipinski definition) is 0. The molecule has 2 fully saturated rings. The molecule has 2 rings (SSSR count). The SMILES string of the molecule is CC.CC(C)C1CCN(C)CC1.CCN(C(C)C)C1CCCCC1. The second kappa shape index (κ2) is 14.1. The predicted octanol–water partition coefficient (Wildman–Crippen LogP) is 6.06. The van der Waals surface area contributed by atoms with E-state index in [1.165, 1.54) is 64.6 Å². The highest BCUT2D eigenvalue weighted by Crippen LogP contribution is 2.24. The maximum atomic E-state index is 2.65. The average molecular weight is 341 g/mol. The van der Waals surface area contributed by atoms with Crippen LogP contribution < -0.4 is 0 Å². The highest BCUT2D eigenvalue weighted by Gasteiger charge is 2.21. The van der Waals surface area contributed by atoms with Gasteiger partial charge in [-0.15, -0.1) is 0 Å². The number of piperidine rings is 1. The van der Waals surface area contributed by atoms with E-state index in [1.807, 2.05) is 13.8 Å². The van der Waals surface area contributed by atoms with E-state index in [2.05, 4.69) is 51.5 Å². The van der Waals surface area contributed by atoms with E-state index in [0.29, 0.717) is 0 Å². The molecule has 0 unspecified atom stereocenters. The Bertz CT molecular complexity index is 261. The summed E-state index contributed by atoms with van der Waals surface area (Å²) in [5.41, 5.74) is 0. The van der Waals surface area contributed by atoms with Gasteiger partial charge in [-0.3, -0.25) is 4.90 Å². The van der Waals surface area contributed by atoms with Crippen molar-refractivity contribution < 1.29 is 0 Å². The van der Waals surface area contributed by atoms with Gasteiger partial charge < -0.3 is 4.90 Å². The summed E-state index contributed by atoms with van der Waals surface area (Å²) in [5.74, 6) is 1.89. The molecule has 1 aliphatic carbocycles. The van der Waals surface area contributed by atoms with Gasteiger partial charge in [-0.2, -0.15) is 0 Å². The number of nitrogens with zero attached hydrogens (tertiary/aromatic N) is 2. The molecule has 2 aliphatic rings. The molecule has 1 aliphatic heterocycles. The van der Waals surface area contributed by atoms with Crippen LogP contribution in [0.2, 0.25) is 0 Å². The van der Waals surface area contributed by atoms with Crippen molar-refractivity contribution in [2.45, 2.75) is 105 Å². The van der Waals surface area contributed by atoms with Crippen LogP contribution in [0.3, 0.4) is 0 Å². The summed E-state index contributed by atoms with van der Waals surface area (Å²) in [6.45, 7) is 19.4. The zero-order valence-corrected chi connectivity index (χ0v) is 18.3. The van der Waals surface area contributed by atoms with E-state index in [9.17, 15) is 0 Å². The Kier molecular flexibility index (Phi) is 14.1. The van der Waals surface area contributed by atoms with Gasteiger partial charge in [0, 0.05) is 12.1 Å². The minimum absolute atomic E-state index is 0.734. The van der Waals surface area contributed by atoms with Gasteiger partial charge in [0.2, 0.25) is 0 Å². The van der Waals surface area contributed by atoms with Gasteiger partial charge in [0.1, 0.15) is 0 Å². The van der Waals surface area contributed by atoms with Crippen LogP contribution in [0, 0.1) is 11.8 Å². The molecule has 0 bridgehead atoms. The van der Waals surface area contributed by atoms with Gasteiger partial charge >= 0.3 is 0 Å². The van der Waals surface area contributed by atoms with Gasteiger partial charge in [-0.05, 0) is 78.0 Å². The molecular formula is C22H48N2. The minimum atomic E-state index is 0.734. The number of rotatable bonds is 4. The normalized spacial score (nSPS) is 20.6. The zero-order valence-electron chi connectivity index (χ0n) is 18.3. The fraction of sp³-hybridized carbons (Fsp3) is 1.00. The Morgan fingerprint density at radius 1 is 0.875 bits per heavy atom. The topological polar surface area (TPSA) is 6.48 Å². The van der Waals surface area contributed by atoms with E-state index < -0.39 is 0 Å². The van der Waals surface area contributed by atoms with Crippen molar-refractivity contribution in [3.63, 3.8) is 0 Å². The summed E-state index contributed by atoms with van der Waals surface area (Å²) < 4.78 is 0. The molecule has 146 valence electrons. The Hall–Kier alpha value is -0.0800. The molecule has 1 saturated heterocycles. The van der Waals surface area contributed by atoms with E-state index in [0.717, 1.165) is 23.9 Å². The van der Waals surface area contributed by atoms with Gasteiger partial charge in [0.15, 0.2) is 0 Å². The summed E-state index contributed by atoms with van der Waals surface area (Å²) >= 11 is 0. The maximum Gasteiger partial charge on any atom is 0.00978 e. The van der Waals surface area contributed by atoms with Crippen LogP contribution in [-0.2, 0) is 0 Å². The van der Waals surface area contributed by atoms with Gasteiger partial charge in [0.25, 0.3) is 0 Å². The Morgan fingerprint density at radius 3 is 1.75 bits per heavy atom. The summed E-state index contributed by atoms with van der Waals surface area (Å²) in [7, 11) is 2.22. The van der Waals surface area contributed by atoms with Crippen molar-refractivity contribution in [2.75, 3.05) is 26.7 Å². The lowest BCUT2D eigenvalue weighted by Crippen LogP contribution is -2.41. The van der Waals surface area contributed by atoms with Crippen LogP contribution in [0.1, 0.15) is 93.4 Å². The third kappa shape index (κ3) is 9.42. The minimum Gasteiger partial charge on any atom is -0.306 e. The molecule has 1 saturated carbocycles. The molecule has 1 heterocycles. The summed E-state index contributed by atoms with van der Waals surface area (Å²) in [6.07, 6.45) is 10.1. The molecule has 0 aromatic carbocycles. The van der Waals surface area contributed by atoms with E-state index in [1.54, 1.807) is 0 Å². The number of likely N-dealkylation sites (tertiary alicyclic amines) is 1. The first-order valence-corrected chi connectivity index (χ1v) is 10.9. The van der Waals surface area contributed by atoms with E-state index >= 15 is 0 Å². The van der Waals surface area contributed by atoms with Crippen LogP contribution in [0.4, 0.5) is 0 Å². The molecule has 0 spiro atoms. The third-order valence-corrected chi connectivity index (χ3v) is 5.78. The Morgan fingerprint density at radius 2 is 1.38 bits per heavy atom. The Balaban J connectivity index is 0.000000405. The van der Waals surface area contributed by atoms with Gasteiger partial charge in [-0.25, -0.2) is 0 Å². The van der Waals surface area contributed by atoms with Gasteiger partial charge in [-0.1, -0.05) is 53.9 Å². The second-order valence-electron chi connectivity index (χ2n) is 8.10. The second-order valence-corrected chi connectivity index (χ2v) is 8.10. The summed E-state index contributed by atoms with van der Waals surface area (Å²) in [5, 5.41) is 0. The molecule has 0 N–H and O–H groups in total. The zero-order chi connectivity index (χ0) is 18.5. The molecule has 0 amide bonds. The molecule has 2 nitrogen and oxygen atoms in total. The van der Waals surface area contributed by atoms with Crippen molar-refractivity contribution in [1.82, 2.24) is 9.80 Å². The van der Waals surface area contributed by atoms with E-state index in [-0.39, 0.29) is 0 Å². The van der Waals surface area contributed by atoms with E-state index in [4.69, 9.17) is 0 Å². The largest absolute Gasteiger partial charge is 0.306 e. The first-order valence-electron chi connectivity index (χ1n) is 10.9. The highest BCUT2D eigenvalue weighted by atomic mass is 15.2. The van der Waals surface area contributed by atoms with Crippen LogP contribution >= 0.6 is 0 Å². The summed E-state index contributed by atoms with van der Waals surface area (Å²) in [4.78, 5) is 5.08. The molecule has 0 aromatic heterocycles. The molecule has 0 radical (unpaired) electrons. The lowest BCUT2D eigenvalue weighted by atomic mass is 9.87. The van der Waals surface area contributed by atoms with Crippen molar-refractivity contribution >= 4 is 0 Å². The molecule has 0 atom stereocenters. The summed E-state index contributed by atoms with van der Waals surface area (Å²) in [6, 6.07) is 1.63. The smallest absolute Gasteiger partial charge is 0.00978 e. The molecule has 0 aromatic rings. The standard InChI is InChI=1S/C11H23N.C9H19N.C2H6/c1-4-12(10(2)3)11-8-6-5-7-9-11;1-8(2)9-4-6-10(3)7-5-9;1-2/h10-11H,4-9H2,1-3H3;8-9H,4-7H2,1-3H3;1-2H3. The third-order valence-electron chi connectivity index (χ3n) is 5.78.